The maximum atomic E-state index is 12.5. The highest BCUT2D eigenvalue weighted by molar-refractivity contribution is 7.84. The van der Waals surface area contributed by atoms with E-state index in [0.717, 1.165) is 18.4 Å². The number of amides is 2. The number of carboxylic acid groups (broad SMARTS) is 1. The number of carbonyl (C=O) groups is 4. The number of methoxy groups -OCH3 is 1. The topological polar surface area (TPSA) is 228 Å². The van der Waals surface area contributed by atoms with Gasteiger partial charge in [-0.05, 0) is 0 Å². The average molecular weight is 451 g/mol. The predicted molar refractivity (Wildman–Crippen MR) is 92.8 cm³/mol. The Morgan fingerprint density at radius 2 is 2.10 bits per heavy atom. The Morgan fingerprint density at radius 3 is 2.59 bits per heavy atom. The Morgan fingerprint density at radius 1 is 1.45 bits per heavy atom. The molecule has 1 aromatic heterocycles. The number of hydrogen-bond acceptors (Lipinski definition) is 12. The third-order valence-corrected chi connectivity index (χ3v) is 4.93. The van der Waals surface area contributed by atoms with Crippen LogP contribution in [0.3, 0.4) is 0 Å². The number of nitrogens with two attached hydrogens (primary N) is 1. The van der Waals surface area contributed by atoms with Crippen molar-refractivity contribution in [2.45, 2.75) is 12.1 Å². The number of anilines is 1. The van der Waals surface area contributed by atoms with Gasteiger partial charge in [0.05, 0.1) is 7.11 Å². The van der Waals surface area contributed by atoms with Gasteiger partial charge in [0.2, 0.25) is 6.61 Å². The number of aliphatic carboxylic acids is 1. The largest absolute Gasteiger partial charge is 0.479 e. The van der Waals surface area contributed by atoms with Gasteiger partial charge in [0, 0.05) is 5.38 Å². The first-order valence-corrected chi connectivity index (χ1v) is 9.57. The van der Waals surface area contributed by atoms with Crippen LogP contribution in [0.1, 0.15) is 5.69 Å². The Kier molecular flexibility index (Phi) is 6.34. The van der Waals surface area contributed by atoms with Crippen molar-refractivity contribution in [2.75, 3.05) is 19.5 Å². The summed E-state index contributed by atoms with van der Waals surface area (Å²) in [6.45, 7) is -0.903. The summed E-state index contributed by atoms with van der Waals surface area (Å²) in [7, 11) is -4.20. The summed E-state index contributed by atoms with van der Waals surface area (Å²) < 4.78 is 35.8. The molecule has 2 atom stereocenters. The second-order valence-electron chi connectivity index (χ2n) is 5.21. The van der Waals surface area contributed by atoms with E-state index in [1.54, 1.807) is 0 Å². The molecule has 0 spiro atoms. The maximum absolute atomic E-state index is 12.5. The Balaban J connectivity index is 2.28. The lowest BCUT2D eigenvalue weighted by Crippen LogP contribution is -2.74. The van der Waals surface area contributed by atoms with Gasteiger partial charge >= 0.3 is 22.2 Å². The monoisotopic (exact) mass is 451 g/mol. The first-order valence-electron chi connectivity index (χ1n) is 7.29. The Labute approximate surface area is 166 Å². The van der Waals surface area contributed by atoms with Crippen LogP contribution in [0.4, 0.5) is 5.13 Å². The lowest BCUT2D eigenvalue weighted by Gasteiger charge is -2.41. The summed E-state index contributed by atoms with van der Waals surface area (Å²) in [5.74, 6) is -5.11. The molecule has 0 aromatic carbocycles. The molecule has 0 bridgehead atoms. The van der Waals surface area contributed by atoms with Gasteiger partial charge in [-0.2, -0.15) is 12.7 Å². The van der Waals surface area contributed by atoms with Gasteiger partial charge in [-0.1, -0.05) is 5.16 Å². The van der Waals surface area contributed by atoms with Gasteiger partial charge in [0.25, 0.3) is 11.8 Å². The van der Waals surface area contributed by atoms with Gasteiger partial charge in [0.15, 0.2) is 16.9 Å². The van der Waals surface area contributed by atoms with Gasteiger partial charge in [-0.25, -0.2) is 14.6 Å². The van der Waals surface area contributed by atoms with Crippen LogP contribution in [0.5, 0.6) is 0 Å². The minimum Gasteiger partial charge on any atom is -0.479 e. The normalized spacial score (nSPS) is 19.3. The van der Waals surface area contributed by atoms with Crippen molar-refractivity contribution in [3.05, 3.63) is 11.1 Å². The van der Waals surface area contributed by atoms with Gasteiger partial charge < -0.3 is 25.7 Å². The number of ether oxygens (including phenoxy) is 1. The van der Waals surface area contributed by atoms with Crippen molar-refractivity contribution in [1.29, 1.82) is 0 Å². The molecular formula is C12H13N5O10S2. The van der Waals surface area contributed by atoms with Gasteiger partial charge in [-0.15, -0.1) is 11.3 Å². The van der Waals surface area contributed by atoms with Crippen molar-refractivity contribution < 1.29 is 46.8 Å². The van der Waals surface area contributed by atoms with E-state index in [4.69, 9.17) is 15.4 Å². The standard InChI is InChI=1S/C12H13N5O10S2/c1-26-11(22)8-7(10(21)17(8)29(23,24)25)15-9(20)6(16-27-2-5(18)19)4-3-28-12(13)14-4/h3,7-8H,2H2,1H3,(H2,13,14)(H,15,20)(H,18,19)(H,23,24,25). The van der Waals surface area contributed by atoms with Crippen molar-refractivity contribution in [3.63, 3.8) is 0 Å². The van der Waals surface area contributed by atoms with E-state index >= 15 is 0 Å². The number of β-lactam (4-membered cyclic amide) rings is 1. The van der Waals surface area contributed by atoms with E-state index < -0.39 is 58.5 Å². The number of nitrogen functional groups attached to an aromatic ring is 1. The molecule has 15 nitrogen and oxygen atoms in total. The molecule has 0 aliphatic carbocycles. The third-order valence-electron chi connectivity index (χ3n) is 3.35. The number of nitrogens with one attached hydrogen (secondary N) is 1. The van der Waals surface area contributed by atoms with E-state index in [0.29, 0.717) is 0 Å². The number of nitrogens with zero attached hydrogens (tertiary/aromatic N) is 3. The molecule has 2 heterocycles. The van der Waals surface area contributed by atoms with E-state index in [-0.39, 0.29) is 15.1 Å². The molecule has 158 valence electrons. The molecule has 2 rings (SSSR count). The second-order valence-corrected chi connectivity index (χ2v) is 7.39. The molecule has 0 radical (unpaired) electrons. The highest BCUT2D eigenvalue weighted by Gasteiger charge is 2.58. The fourth-order valence-electron chi connectivity index (χ4n) is 2.18. The second kappa shape index (κ2) is 8.37. The van der Waals surface area contributed by atoms with E-state index in [1.165, 1.54) is 5.38 Å². The number of esters is 1. The van der Waals surface area contributed by atoms with Gasteiger partial charge in [0.1, 0.15) is 11.7 Å². The zero-order chi connectivity index (χ0) is 21.9. The van der Waals surface area contributed by atoms with Crippen molar-refractivity contribution >= 4 is 56.2 Å². The number of rotatable bonds is 8. The number of carboxylic acids is 1. The lowest BCUT2D eigenvalue weighted by atomic mass is 9.98. The van der Waals surface area contributed by atoms with E-state index in [9.17, 15) is 27.6 Å². The van der Waals surface area contributed by atoms with Crippen molar-refractivity contribution in [2.24, 2.45) is 5.16 Å². The lowest BCUT2D eigenvalue weighted by molar-refractivity contribution is -0.162. The van der Waals surface area contributed by atoms with E-state index in [1.807, 2.05) is 5.32 Å². The first-order chi connectivity index (χ1) is 13.5. The van der Waals surface area contributed by atoms with E-state index in [2.05, 4.69) is 19.7 Å². The predicted octanol–water partition coefficient (Wildman–Crippen LogP) is -2.80. The third kappa shape index (κ3) is 4.76. The zero-order valence-electron chi connectivity index (χ0n) is 14.3. The molecule has 1 saturated heterocycles. The molecule has 0 saturated carbocycles. The van der Waals surface area contributed by atoms with Crippen LogP contribution in [0.15, 0.2) is 10.5 Å². The highest BCUT2D eigenvalue weighted by atomic mass is 32.2. The summed E-state index contributed by atoms with van der Waals surface area (Å²) in [5, 5.41) is 15.3. The number of thiazole rings is 1. The van der Waals surface area contributed by atoms with Crippen LogP contribution < -0.4 is 11.1 Å². The summed E-state index contributed by atoms with van der Waals surface area (Å²) in [4.78, 5) is 55.1. The maximum Gasteiger partial charge on any atom is 0.363 e. The zero-order valence-corrected chi connectivity index (χ0v) is 16.0. The number of aromatic nitrogens is 1. The van der Waals surface area contributed by atoms with Crippen LogP contribution in [-0.2, 0) is 39.1 Å². The molecule has 2 amide bonds. The molecule has 5 N–H and O–H groups in total. The van der Waals surface area contributed by atoms with Crippen molar-refractivity contribution in [3.8, 4) is 0 Å². The molecule has 29 heavy (non-hydrogen) atoms. The number of carbonyl (C=O) groups excluding carboxylic acids is 3. The van der Waals surface area contributed by atoms with Crippen LogP contribution in [0.2, 0.25) is 0 Å². The smallest absolute Gasteiger partial charge is 0.363 e. The fourth-order valence-corrected chi connectivity index (χ4v) is 3.56. The molecule has 1 aliphatic rings. The molecule has 2 unspecified atom stereocenters. The summed E-state index contributed by atoms with van der Waals surface area (Å²) in [6.07, 6.45) is 0. The van der Waals surface area contributed by atoms with Crippen LogP contribution in [0, 0.1) is 0 Å². The summed E-state index contributed by atoms with van der Waals surface area (Å²) >= 11 is 0.914. The molecule has 1 fully saturated rings. The number of oxime groups is 1. The quantitative estimate of drug-likeness (QED) is 0.103. The molecule has 17 heteroatoms. The SMILES string of the molecule is COC(=O)C1C(NC(=O)C(=NOCC(=O)O)c2csc(N)n2)C(=O)N1S(=O)(=O)O. The average Bonchev–Trinajstić information content (AvgIpc) is 3.04. The summed E-state index contributed by atoms with van der Waals surface area (Å²) in [6, 6.07) is -3.59. The summed E-state index contributed by atoms with van der Waals surface area (Å²) in [5.41, 5.74) is 4.74. The molecular weight excluding hydrogens is 438 g/mol. The van der Waals surface area contributed by atoms with Crippen LogP contribution in [0.25, 0.3) is 0 Å². The Hall–Kier alpha value is -3.31. The Bertz CT molecular complexity index is 987. The van der Waals surface area contributed by atoms with Crippen molar-refractivity contribution in [1.82, 2.24) is 14.6 Å². The highest BCUT2D eigenvalue weighted by Crippen LogP contribution is 2.25. The minimum atomic E-state index is -5.10. The van der Waals surface area contributed by atoms with Crippen LogP contribution >= 0.6 is 11.3 Å². The first kappa shape index (κ1) is 22.0. The van der Waals surface area contributed by atoms with Crippen LogP contribution in [-0.4, -0.2) is 82.6 Å². The molecule has 1 aromatic rings. The molecule has 1 aliphatic heterocycles. The minimum absolute atomic E-state index is 0.0310. The van der Waals surface area contributed by atoms with Gasteiger partial charge in [-0.3, -0.25) is 14.1 Å². The fraction of sp³-hybridized carbons (Fsp3) is 0.333. The number of hydrogen-bond donors (Lipinski definition) is 4.